The molecule has 1 atom stereocenters. The number of alkyl carbamates (subject to hydrolysis) is 1. The van der Waals surface area contributed by atoms with Gasteiger partial charge in [0.25, 0.3) is 11.8 Å². The number of halogens is 1. The maximum absolute atomic E-state index is 12.5. The highest BCUT2D eigenvalue weighted by molar-refractivity contribution is 9.10. The van der Waals surface area contributed by atoms with Crippen LogP contribution in [0.1, 0.15) is 35.9 Å². The molecule has 0 heterocycles. The molecule has 0 unspecified atom stereocenters. The Bertz CT molecular complexity index is 959. The van der Waals surface area contributed by atoms with Gasteiger partial charge >= 0.3 is 6.09 Å². The van der Waals surface area contributed by atoms with Crippen LogP contribution >= 0.6 is 15.9 Å². The van der Waals surface area contributed by atoms with Crippen molar-refractivity contribution in [1.82, 2.24) is 10.8 Å². The van der Waals surface area contributed by atoms with Crippen LogP contribution in [-0.4, -0.2) is 28.2 Å². The van der Waals surface area contributed by atoms with E-state index in [0.717, 1.165) is 6.08 Å². The molecule has 0 bridgehead atoms. The lowest BCUT2D eigenvalue weighted by Gasteiger charge is -2.32. The molecule has 3 amide bonds. The molecule has 158 valence electrons. The number of benzene rings is 2. The fourth-order valence-electron chi connectivity index (χ4n) is 2.66. The quantitative estimate of drug-likeness (QED) is 0.285. The molecule has 0 aliphatic carbocycles. The first kappa shape index (κ1) is 23.1. The number of hydroxylamine groups is 1. The smallest absolute Gasteiger partial charge is 0.414 e. The van der Waals surface area contributed by atoms with Gasteiger partial charge < -0.3 is 9.84 Å². The highest BCUT2D eigenvalue weighted by atomic mass is 79.9. The fourth-order valence-corrected chi connectivity index (χ4v) is 3.04. The first-order chi connectivity index (χ1) is 14.1. The molecule has 0 saturated heterocycles. The van der Waals surface area contributed by atoms with E-state index in [0.29, 0.717) is 4.47 Å². The molecule has 2 rings (SSSR count). The van der Waals surface area contributed by atoms with Crippen LogP contribution in [0, 0.1) is 5.41 Å². The van der Waals surface area contributed by atoms with E-state index in [9.17, 15) is 19.5 Å². The Morgan fingerprint density at radius 2 is 1.80 bits per heavy atom. The van der Waals surface area contributed by atoms with Crippen LogP contribution in [-0.2, 0) is 9.53 Å². The second-order valence-corrected chi connectivity index (χ2v) is 7.86. The van der Waals surface area contributed by atoms with Crippen molar-refractivity contribution in [3.63, 3.8) is 0 Å². The van der Waals surface area contributed by atoms with Crippen molar-refractivity contribution in [1.29, 1.82) is 0 Å². The van der Waals surface area contributed by atoms with Crippen LogP contribution in [0.5, 0.6) is 5.75 Å². The van der Waals surface area contributed by atoms with Gasteiger partial charge in [-0.2, -0.15) is 0 Å². The normalized spacial score (nSPS) is 12.3. The number of phenolic OH excluding ortho intramolecular Hbond substituents is 1. The zero-order valence-electron chi connectivity index (χ0n) is 16.3. The standard InChI is InChI=1S/C21H21BrN2O6/c1-21(2,11-10-17(26)24-29)18(15-12-14(22)8-9-16(15)25)30-20(28)23-19(27)13-6-4-3-5-7-13/h3-12,18,25,29H,1-2H3,(H,24,26)(H,23,27,28)/b11-10+/t18-/m1/s1. The first-order valence-corrected chi connectivity index (χ1v) is 9.62. The number of aromatic hydroxyl groups is 1. The Balaban J connectivity index is 2.32. The predicted octanol–water partition coefficient (Wildman–Crippen LogP) is 3.85. The van der Waals surface area contributed by atoms with Gasteiger partial charge in [0.2, 0.25) is 0 Å². The van der Waals surface area contributed by atoms with E-state index in [1.807, 2.05) is 0 Å². The van der Waals surface area contributed by atoms with Crippen molar-refractivity contribution in [2.75, 3.05) is 0 Å². The predicted molar refractivity (Wildman–Crippen MR) is 112 cm³/mol. The lowest BCUT2D eigenvalue weighted by Crippen LogP contribution is -2.35. The minimum absolute atomic E-state index is 0.140. The van der Waals surface area contributed by atoms with Gasteiger partial charge in [-0.05, 0) is 30.3 Å². The topological polar surface area (TPSA) is 125 Å². The van der Waals surface area contributed by atoms with Crippen LogP contribution in [0.15, 0.2) is 65.2 Å². The SMILES string of the molecule is CC(C)(/C=C/C(=O)NO)[C@H](OC(=O)NC(=O)c1ccccc1)c1cc(Br)ccc1O. The molecule has 0 aromatic heterocycles. The van der Waals surface area contributed by atoms with Gasteiger partial charge in [0.1, 0.15) is 11.9 Å². The fraction of sp³-hybridized carbons (Fsp3) is 0.190. The van der Waals surface area contributed by atoms with E-state index in [1.54, 1.807) is 56.3 Å². The number of carbonyl (C=O) groups excluding carboxylic acids is 3. The summed E-state index contributed by atoms with van der Waals surface area (Å²) in [5.74, 6) is -1.56. The summed E-state index contributed by atoms with van der Waals surface area (Å²) in [5.41, 5.74) is 0.987. The van der Waals surface area contributed by atoms with Crippen molar-refractivity contribution < 1.29 is 29.4 Å². The van der Waals surface area contributed by atoms with Crippen LogP contribution in [0.25, 0.3) is 0 Å². The number of amides is 3. The molecule has 0 aliphatic rings. The largest absolute Gasteiger partial charge is 0.508 e. The number of phenols is 1. The zero-order valence-corrected chi connectivity index (χ0v) is 17.8. The molecular weight excluding hydrogens is 456 g/mol. The number of hydrogen-bond acceptors (Lipinski definition) is 6. The van der Waals surface area contributed by atoms with Crippen molar-refractivity contribution in [3.05, 3.63) is 76.3 Å². The summed E-state index contributed by atoms with van der Waals surface area (Å²) in [6.45, 7) is 3.32. The number of rotatable bonds is 6. The summed E-state index contributed by atoms with van der Waals surface area (Å²) in [6, 6.07) is 12.7. The van der Waals surface area contributed by atoms with E-state index >= 15 is 0 Å². The molecule has 0 radical (unpaired) electrons. The van der Waals surface area contributed by atoms with Crippen molar-refractivity contribution in [2.24, 2.45) is 5.41 Å². The molecule has 9 heteroatoms. The second kappa shape index (κ2) is 10.0. The maximum Gasteiger partial charge on any atom is 0.414 e. The average molecular weight is 477 g/mol. The minimum atomic E-state index is -1.08. The van der Waals surface area contributed by atoms with Crippen LogP contribution in [0.2, 0.25) is 0 Å². The Kier molecular flexibility index (Phi) is 7.73. The van der Waals surface area contributed by atoms with Crippen molar-refractivity contribution in [2.45, 2.75) is 20.0 Å². The third-order valence-electron chi connectivity index (χ3n) is 4.20. The van der Waals surface area contributed by atoms with E-state index in [2.05, 4.69) is 21.2 Å². The summed E-state index contributed by atoms with van der Waals surface area (Å²) in [4.78, 5) is 36.1. The molecular formula is C21H21BrN2O6. The first-order valence-electron chi connectivity index (χ1n) is 8.83. The highest BCUT2D eigenvalue weighted by Gasteiger charge is 2.35. The van der Waals surface area contributed by atoms with Gasteiger partial charge in [-0.15, -0.1) is 0 Å². The van der Waals surface area contributed by atoms with E-state index in [1.165, 1.54) is 17.6 Å². The molecule has 2 aromatic carbocycles. The van der Waals surface area contributed by atoms with Gasteiger partial charge in [0, 0.05) is 27.1 Å². The van der Waals surface area contributed by atoms with Crippen LogP contribution in [0.3, 0.4) is 0 Å². The van der Waals surface area contributed by atoms with Crippen molar-refractivity contribution in [3.8, 4) is 5.75 Å². The third kappa shape index (κ3) is 6.16. The van der Waals surface area contributed by atoms with Gasteiger partial charge in [-0.25, -0.2) is 10.3 Å². The lowest BCUT2D eigenvalue weighted by molar-refractivity contribution is -0.124. The molecule has 4 N–H and O–H groups in total. The Morgan fingerprint density at radius 1 is 1.13 bits per heavy atom. The highest BCUT2D eigenvalue weighted by Crippen LogP contribution is 2.42. The number of ether oxygens (including phenoxy) is 1. The summed E-state index contributed by atoms with van der Waals surface area (Å²) in [5, 5.41) is 21.2. The summed E-state index contributed by atoms with van der Waals surface area (Å²) >= 11 is 3.31. The van der Waals surface area contributed by atoms with Gasteiger partial charge in [0.05, 0.1) is 0 Å². The van der Waals surface area contributed by atoms with Crippen LogP contribution < -0.4 is 10.8 Å². The average Bonchev–Trinajstić information content (AvgIpc) is 2.72. The molecule has 0 fully saturated rings. The summed E-state index contributed by atoms with van der Waals surface area (Å²) < 4.78 is 6.12. The summed E-state index contributed by atoms with van der Waals surface area (Å²) in [6.07, 6.45) is 0.372. The Labute approximate surface area is 181 Å². The Morgan fingerprint density at radius 3 is 2.43 bits per heavy atom. The number of carbonyl (C=O) groups is 3. The third-order valence-corrected chi connectivity index (χ3v) is 4.69. The van der Waals surface area contributed by atoms with Crippen molar-refractivity contribution >= 4 is 33.8 Å². The van der Waals surface area contributed by atoms with Gasteiger partial charge in [-0.1, -0.05) is 54.1 Å². The second-order valence-electron chi connectivity index (χ2n) is 6.94. The number of nitrogens with one attached hydrogen (secondary N) is 2. The molecule has 0 spiro atoms. The lowest BCUT2D eigenvalue weighted by atomic mass is 9.81. The number of imide groups is 1. The minimum Gasteiger partial charge on any atom is -0.508 e. The van der Waals surface area contributed by atoms with E-state index < -0.39 is 29.4 Å². The molecule has 30 heavy (non-hydrogen) atoms. The molecule has 8 nitrogen and oxygen atoms in total. The van der Waals surface area contributed by atoms with Crippen LogP contribution in [0.4, 0.5) is 4.79 Å². The van der Waals surface area contributed by atoms with Gasteiger partial charge in [-0.3, -0.25) is 20.1 Å². The number of hydrogen-bond donors (Lipinski definition) is 4. The summed E-state index contributed by atoms with van der Waals surface area (Å²) in [7, 11) is 0. The van der Waals surface area contributed by atoms with E-state index in [-0.39, 0.29) is 16.9 Å². The molecule has 2 aromatic rings. The maximum atomic E-state index is 12.5. The molecule has 0 saturated carbocycles. The van der Waals surface area contributed by atoms with E-state index in [4.69, 9.17) is 9.94 Å². The van der Waals surface area contributed by atoms with Gasteiger partial charge in [0.15, 0.2) is 0 Å². The Hall–Kier alpha value is -3.17. The zero-order chi connectivity index (χ0) is 22.3. The molecule has 0 aliphatic heterocycles. The monoisotopic (exact) mass is 476 g/mol.